The second-order valence-electron chi connectivity index (χ2n) is 11.6. The summed E-state index contributed by atoms with van der Waals surface area (Å²) >= 11 is 0. The Labute approximate surface area is 251 Å². The quantitative estimate of drug-likeness (QED) is 0.194. The van der Waals surface area contributed by atoms with E-state index < -0.39 is 5.41 Å². The van der Waals surface area contributed by atoms with Crippen LogP contribution < -0.4 is 0 Å². The molecule has 200 valence electrons. The van der Waals surface area contributed by atoms with Gasteiger partial charge in [0.05, 0.1) is 5.41 Å². The Kier molecular flexibility index (Phi) is 5.21. The zero-order valence-electron chi connectivity index (χ0n) is 23.7. The third-order valence-electron chi connectivity index (χ3n) is 9.53. The van der Waals surface area contributed by atoms with Gasteiger partial charge in [0.25, 0.3) is 0 Å². The van der Waals surface area contributed by atoms with E-state index in [0.717, 1.165) is 0 Å². The lowest BCUT2D eigenvalue weighted by Crippen LogP contribution is -2.28. The number of hydrogen-bond donors (Lipinski definition) is 0. The Morgan fingerprint density at radius 1 is 0.279 bits per heavy atom. The Hall–Kier alpha value is -5.46. The standard InChI is InChI=1S/C43H28/c1-2-14-31(15-3-1)43(41-23-10-8-21-38(41)39-22-9-11-24-42(39)43)32-16-12-13-29(27-32)30-25-26-37-35-19-5-4-17-33(35)34-18-6-7-20-36(34)40(37)28-30/h1-28H. The maximum atomic E-state index is 2.43. The molecule has 0 heterocycles. The normalized spacial score (nSPS) is 13.3. The minimum Gasteiger partial charge on any atom is -0.0622 e. The molecular weight excluding hydrogens is 516 g/mol. The summed E-state index contributed by atoms with van der Waals surface area (Å²) < 4.78 is 0. The monoisotopic (exact) mass is 544 g/mol. The van der Waals surface area contributed by atoms with Crippen molar-refractivity contribution >= 4 is 32.3 Å². The van der Waals surface area contributed by atoms with Gasteiger partial charge in [0.1, 0.15) is 0 Å². The zero-order chi connectivity index (χ0) is 28.4. The van der Waals surface area contributed by atoms with Gasteiger partial charge in [-0.05, 0) is 89.0 Å². The van der Waals surface area contributed by atoms with Crippen molar-refractivity contribution in [2.75, 3.05) is 0 Å². The first kappa shape index (κ1) is 24.2. The average molecular weight is 545 g/mol. The summed E-state index contributed by atoms with van der Waals surface area (Å²) in [7, 11) is 0. The highest BCUT2D eigenvalue weighted by Gasteiger charge is 2.45. The first-order chi connectivity index (χ1) is 21.3. The molecule has 0 N–H and O–H groups in total. The molecule has 0 aliphatic heterocycles. The SMILES string of the molecule is c1ccc(C2(c3cccc(-c4ccc5c6ccccc6c6ccccc6c5c4)c3)c3ccccc3-c3ccccc32)cc1. The van der Waals surface area contributed by atoms with Crippen molar-refractivity contribution in [1.29, 1.82) is 0 Å². The summed E-state index contributed by atoms with van der Waals surface area (Å²) in [6.45, 7) is 0. The van der Waals surface area contributed by atoms with Crippen LogP contribution in [0.5, 0.6) is 0 Å². The fourth-order valence-corrected chi connectivity index (χ4v) is 7.73. The first-order valence-corrected chi connectivity index (χ1v) is 15.0. The number of hydrogen-bond acceptors (Lipinski definition) is 0. The van der Waals surface area contributed by atoms with Crippen molar-refractivity contribution in [3.8, 4) is 22.3 Å². The maximum absolute atomic E-state index is 2.43. The molecule has 0 aromatic heterocycles. The second kappa shape index (κ2) is 9.28. The van der Waals surface area contributed by atoms with E-state index in [2.05, 4.69) is 170 Å². The van der Waals surface area contributed by atoms with E-state index >= 15 is 0 Å². The van der Waals surface area contributed by atoms with Gasteiger partial charge in [0, 0.05) is 0 Å². The minimum atomic E-state index is -0.399. The van der Waals surface area contributed by atoms with Crippen molar-refractivity contribution in [3.05, 3.63) is 192 Å². The molecule has 0 fully saturated rings. The molecule has 8 aromatic rings. The lowest BCUT2D eigenvalue weighted by atomic mass is 9.67. The van der Waals surface area contributed by atoms with Crippen LogP contribution in [0.1, 0.15) is 22.3 Å². The molecule has 0 nitrogen and oxygen atoms in total. The van der Waals surface area contributed by atoms with E-state index in [1.165, 1.54) is 76.8 Å². The van der Waals surface area contributed by atoms with Crippen molar-refractivity contribution in [2.45, 2.75) is 5.41 Å². The molecular formula is C43H28. The lowest BCUT2D eigenvalue weighted by Gasteiger charge is -2.34. The van der Waals surface area contributed by atoms with Gasteiger partial charge >= 0.3 is 0 Å². The predicted octanol–water partition coefficient (Wildman–Crippen LogP) is 11.2. The van der Waals surface area contributed by atoms with Crippen LogP contribution in [0.15, 0.2) is 170 Å². The predicted molar refractivity (Wildman–Crippen MR) is 182 cm³/mol. The van der Waals surface area contributed by atoms with Crippen LogP contribution in [0.25, 0.3) is 54.6 Å². The second-order valence-corrected chi connectivity index (χ2v) is 11.6. The summed E-state index contributed by atoms with van der Waals surface area (Å²) in [4.78, 5) is 0. The van der Waals surface area contributed by atoms with Crippen LogP contribution in [0.3, 0.4) is 0 Å². The molecule has 43 heavy (non-hydrogen) atoms. The topological polar surface area (TPSA) is 0 Å². The average Bonchev–Trinajstić information content (AvgIpc) is 3.40. The van der Waals surface area contributed by atoms with Crippen LogP contribution in [-0.2, 0) is 5.41 Å². The lowest BCUT2D eigenvalue weighted by molar-refractivity contribution is 0.769. The fraction of sp³-hybridized carbons (Fsp3) is 0.0233. The number of fused-ring (bicyclic) bond motifs is 9. The van der Waals surface area contributed by atoms with Gasteiger partial charge in [0.15, 0.2) is 0 Å². The van der Waals surface area contributed by atoms with Gasteiger partial charge in [-0.15, -0.1) is 0 Å². The Bertz CT molecular complexity index is 2260. The molecule has 0 bridgehead atoms. The van der Waals surface area contributed by atoms with Crippen molar-refractivity contribution < 1.29 is 0 Å². The largest absolute Gasteiger partial charge is 0.0713 e. The molecule has 9 rings (SSSR count). The Morgan fingerprint density at radius 3 is 1.37 bits per heavy atom. The van der Waals surface area contributed by atoms with Gasteiger partial charge < -0.3 is 0 Å². The first-order valence-electron chi connectivity index (χ1n) is 15.0. The van der Waals surface area contributed by atoms with Crippen molar-refractivity contribution in [1.82, 2.24) is 0 Å². The smallest absolute Gasteiger partial charge is 0.0622 e. The molecule has 0 radical (unpaired) electrons. The summed E-state index contributed by atoms with van der Waals surface area (Å²) in [5.41, 5.74) is 9.97. The summed E-state index contributed by atoms with van der Waals surface area (Å²) in [6, 6.07) is 62.8. The van der Waals surface area contributed by atoms with Crippen molar-refractivity contribution in [2.24, 2.45) is 0 Å². The molecule has 1 aliphatic carbocycles. The Morgan fingerprint density at radius 2 is 0.744 bits per heavy atom. The van der Waals surface area contributed by atoms with Crippen LogP contribution in [0, 0.1) is 0 Å². The van der Waals surface area contributed by atoms with E-state index in [4.69, 9.17) is 0 Å². The highest BCUT2D eigenvalue weighted by atomic mass is 14.5. The fourth-order valence-electron chi connectivity index (χ4n) is 7.73. The van der Waals surface area contributed by atoms with Gasteiger partial charge in [-0.1, -0.05) is 158 Å². The van der Waals surface area contributed by atoms with Gasteiger partial charge in [0.2, 0.25) is 0 Å². The number of rotatable bonds is 3. The third-order valence-corrected chi connectivity index (χ3v) is 9.53. The summed E-state index contributed by atoms with van der Waals surface area (Å²) in [6.07, 6.45) is 0. The highest BCUT2D eigenvalue weighted by molar-refractivity contribution is 6.25. The van der Waals surface area contributed by atoms with E-state index in [-0.39, 0.29) is 0 Å². The zero-order valence-corrected chi connectivity index (χ0v) is 23.7. The molecule has 8 aromatic carbocycles. The molecule has 0 heteroatoms. The van der Waals surface area contributed by atoms with Gasteiger partial charge in [-0.3, -0.25) is 0 Å². The van der Waals surface area contributed by atoms with Crippen LogP contribution in [-0.4, -0.2) is 0 Å². The molecule has 0 saturated carbocycles. The van der Waals surface area contributed by atoms with Crippen LogP contribution >= 0.6 is 0 Å². The van der Waals surface area contributed by atoms with E-state index in [9.17, 15) is 0 Å². The molecule has 0 spiro atoms. The highest BCUT2D eigenvalue weighted by Crippen LogP contribution is 2.56. The summed E-state index contributed by atoms with van der Waals surface area (Å²) in [5, 5.41) is 7.81. The molecule has 0 atom stereocenters. The van der Waals surface area contributed by atoms with E-state index in [1.54, 1.807) is 0 Å². The van der Waals surface area contributed by atoms with Crippen LogP contribution in [0.4, 0.5) is 0 Å². The third kappa shape index (κ3) is 3.38. The summed E-state index contributed by atoms with van der Waals surface area (Å²) in [5.74, 6) is 0. The molecule has 0 amide bonds. The van der Waals surface area contributed by atoms with Crippen LogP contribution in [0.2, 0.25) is 0 Å². The minimum absolute atomic E-state index is 0.399. The van der Waals surface area contributed by atoms with Gasteiger partial charge in [-0.2, -0.15) is 0 Å². The Balaban J connectivity index is 1.32. The molecule has 0 unspecified atom stereocenters. The molecule has 0 saturated heterocycles. The van der Waals surface area contributed by atoms with E-state index in [0.29, 0.717) is 0 Å². The van der Waals surface area contributed by atoms with Crippen molar-refractivity contribution in [3.63, 3.8) is 0 Å². The number of benzene rings is 8. The maximum Gasteiger partial charge on any atom is 0.0713 e. The van der Waals surface area contributed by atoms with E-state index in [1.807, 2.05) is 0 Å². The molecule has 1 aliphatic rings. The van der Waals surface area contributed by atoms with Gasteiger partial charge in [-0.25, -0.2) is 0 Å².